The Morgan fingerprint density at radius 3 is 2.85 bits per heavy atom. The number of aliphatic carboxylic acids is 1. The van der Waals surface area contributed by atoms with Crippen LogP contribution in [0.25, 0.3) is 0 Å². The number of carboxylic acid groups (broad SMARTS) is 1. The van der Waals surface area contributed by atoms with Gasteiger partial charge in [0.15, 0.2) is 6.10 Å². The van der Waals surface area contributed by atoms with Gasteiger partial charge in [-0.3, -0.25) is 4.98 Å². The fourth-order valence-electron chi connectivity index (χ4n) is 1.17. The van der Waals surface area contributed by atoms with Gasteiger partial charge in [0.25, 0.3) is 0 Å². The zero-order valence-electron chi connectivity index (χ0n) is 7.10. The predicted molar refractivity (Wildman–Crippen MR) is 44.2 cm³/mol. The Labute approximate surface area is 75.2 Å². The largest absolute Gasteiger partial charge is 0.479 e. The Morgan fingerprint density at radius 2 is 2.38 bits per heavy atom. The predicted octanol–water partition coefficient (Wildman–Crippen LogP) is 0.915. The fraction of sp³-hybridized carbons (Fsp3) is 0.333. The van der Waals surface area contributed by atoms with Crippen molar-refractivity contribution in [2.75, 3.05) is 0 Å². The van der Waals surface area contributed by atoms with Crippen LogP contribution in [0.5, 0.6) is 0 Å². The standard InChI is InChI=1S/C9H9NO3/c1-5-2-3-6(10-4-5)7-8(13-7)9(11)12/h2-4,7-8H,1H3,(H,11,12). The third-order valence-electron chi connectivity index (χ3n) is 1.96. The summed E-state index contributed by atoms with van der Waals surface area (Å²) in [5, 5.41) is 8.59. The molecule has 1 aromatic heterocycles. The smallest absolute Gasteiger partial charge is 0.336 e. The van der Waals surface area contributed by atoms with Crippen LogP contribution in [0.3, 0.4) is 0 Å². The minimum absolute atomic E-state index is 0.349. The number of hydrogen-bond acceptors (Lipinski definition) is 3. The number of aryl methyl sites for hydroxylation is 1. The van der Waals surface area contributed by atoms with Crippen molar-refractivity contribution in [2.24, 2.45) is 0 Å². The molecule has 1 N–H and O–H groups in total. The summed E-state index contributed by atoms with van der Waals surface area (Å²) in [7, 11) is 0. The highest BCUT2D eigenvalue weighted by Crippen LogP contribution is 2.37. The quantitative estimate of drug-likeness (QED) is 0.685. The molecule has 0 bridgehead atoms. The van der Waals surface area contributed by atoms with E-state index < -0.39 is 12.1 Å². The molecule has 2 rings (SSSR count). The summed E-state index contributed by atoms with van der Waals surface area (Å²) in [4.78, 5) is 14.5. The molecule has 1 aromatic rings. The van der Waals surface area contributed by atoms with Gasteiger partial charge in [0.1, 0.15) is 6.10 Å². The Balaban J connectivity index is 2.12. The molecule has 0 aromatic carbocycles. The summed E-state index contributed by atoms with van der Waals surface area (Å²) in [6.07, 6.45) is 0.656. The van der Waals surface area contributed by atoms with Gasteiger partial charge in [-0.25, -0.2) is 4.79 Å². The highest BCUT2D eigenvalue weighted by Gasteiger charge is 2.47. The van der Waals surface area contributed by atoms with Gasteiger partial charge in [0.2, 0.25) is 0 Å². The summed E-state index contributed by atoms with van der Waals surface area (Å²) in [5.41, 5.74) is 1.74. The van der Waals surface area contributed by atoms with E-state index in [4.69, 9.17) is 9.84 Å². The highest BCUT2D eigenvalue weighted by molar-refractivity contribution is 5.76. The lowest BCUT2D eigenvalue weighted by Gasteiger charge is -1.94. The summed E-state index contributed by atoms with van der Waals surface area (Å²) in [5.74, 6) is -0.924. The van der Waals surface area contributed by atoms with E-state index >= 15 is 0 Å². The Kier molecular flexibility index (Phi) is 1.77. The van der Waals surface area contributed by atoms with E-state index in [1.807, 2.05) is 13.0 Å². The first-order chi connectivity index (χ1) is 6.18. The summed E-state index contributed by atoms with van der Waals surface area (Å²) >= 11 is 0. The molecule has 1 aliphatic heterocycles. The van der Waals surface area contributed by atoms with Crippen LogP contribution in [0.2, 0.25) is 0 Å². The van der Waals surface area contributed by atoms with Gasteiger partial charge in [-0.15, -0.1) is 0 Å². The molecule has 2 unspecified atom stereocenters. The molecule has 2 heterocycles. The molecule has 13 heavy (non-hydrogen) atoms. The van der Waals surface area contributed by atoms with E-state index in [0.717, 1.165) is 5.56 Å². The number of hydrogen-bond donors (Lipinski definition) is 1. The third kappa shape index (κ3) is 1.53. The van der Waals surface area contributed by atoms with Crippen LogP contribution in [0.15, 0.2) is 18.3 Å². The molecule has 2 atom stereocenters. The van der Waals surface area contributed by atoms with E-state index in [9.17, 15) is 4.79 Å². The first-order valence-corrected chi connectivity index (χ1v) is 3.99. The average molecular weight is 179 g/mol. The SMILES string of the molecule is Cc1ccc(C2OC2C(=O)O)nc1. The van der Waals surface area contributed by atoms with Crippen molar-refractivity contribution in [1.82, 2.24) is 4.98 Å². The van der Waals surface area contributed by atoms with E-state index in [0.29, 0.717) is 5.69 Å². The van der Waals surface area contributed by atoms with Crippen molar-refractivity contribution in [3.8, 4) is 0 Å². The molecule has 4 nitrogen and oxygen atoms in total. The first kappa shape index (κ1) is 8.19. The number of rotatable bonds is 2. The number of pyridine rings is 1. The number of nitrogens with zero attached hydrogens (tertiary/aromatic N) is 1. The number of epoxide rings is 1. The maximum absolute atomic E-state index is 10.5. The second-order valence-corrected chi connectivity index (χ2v) is 3.08. The number of carboxylic acids is 1. The van der Waals surface area contributed by atoms with Gasteiger partial charge in [-0.2, -0.15) is 0 Å². The molecule has 0 aliphatic carbocycles. The van der Waals surface area contributed by atoms with Crippen molar-refractivity contribution in [3.63, 3.8) is 0 Å². The lowest BCUT2D eigenvalue weighted by atomic mass is 10.2. The fourth-order valence-corrected chi connectivity index (χ4v) is 1.17. The van der Waals surface area contributed by atoms with Crippen LogP contribution in [0.1, 0.15) is 17.4 Å². The maximum atomic E-state index is 10.5. The molecule has 1 fully saturated rings. The monoisotopic (exact) mass is 179 g/mol. The van der Waals surface area contributed by atoms with Crippen LogP contribution in [0.4, 0.5) is 0 Å². The molecule has 1 aliphatic rings. The van der Waals surface area contributed by atoms with Crippen LogP contribution < -0.4 is 0 Å². The van der Waals surface area contributed by atoms with Crippen molar-refractivity contribution < 1.29 is 14.6 Å². The van der Waals surface area contributed by atoms with Gasteiger partial charge in [-0.1, -0.05) is 6.07 Å². The first-order valence-electron chi connectivity index (χ1n) is 3.99. The van der Waals surface area contributed by atoms with E-state index in [2.05, 4.69) is 4.98 Å². The van der Waals surface area contributed by atoms with Crippen molar-refractivity contribution in [1.29, 1.82) is 0 Å². The molecule has 0 spiro atoms. The Bertz CT molecular complexity index is 333. The molecule has 4 heteroatoms. The normalized spacial score (nSPS) is 25.6. The highest BCUT2D eigenvalue weighted by atomic mass is 16.6. The number of aromatic nitrogens is 1. The summed E-state index contributed by atoms with van der Waals surface area (Å²) in [6, 6.07) is 3.69. The molecule has 1 saturated heterocycles. The lowest BCUT2D eigenvalue weighted by molar-refractivity contribution is -0.138. The Morgan fingerprint density at radius 1 is 1.62 bits per heavy atom. The Hall–Kier alpha value is -1.42. The van der Waals surface area contributed by atoms with Gasteiger partial charge in [-0.05, 0) is 18.6 Å². The van der Waals surface area contributed by atoms with Gasteiger partial charge < -0.3 is 9.84 Å². The molecular formula is C9H9NO3. The third-order valence-corrected chi connectivity index (χ3v) is 1.96. The molecule has 0 amide bonds. The van der Waals surface area contributed by atoms with Gasteiger partial charge in [0.05, 0.1) is 5.69 Å². The van der Waals surface area contributed by atoms with Gasteiger partial charge in [0, 0.05) is 6.20 Å². The van der Waals surface area contributed by atoms with Crippen LogP contribution in [0, 0.1) is 6.92 Å². The minimum Gasteiger partial charge on any atom is -0.479 e. The van der Waals surface area contributed by atoms with E-state index in [1.54, 1.807) is 12.3 Å². The molecular weight excluding hydrogens is 170 g/mol. The zero-order chi connectivity index (χ0) is 9.42. The van der Waals surface area contributed by atoms with Gasteiger partial charge >= 0.3 is 5.97 Å². The van der Waals surface area contributed by atoms with Crippen LogP contribution >= 0.6 is 0 Å². The summed E-state index contributed by atoms with van der Waals surface area (Å²) < 4.78 is 4.94. The number of ether oxygens (including phenoxy) is 1. The van der Waals surface area contributed by atoms with E-state index in [1.165, 1.54) is 0 Å². The minimum atomic E-state index is -0.924. The van der Waals surface area contributed by atoms with Crippen LogP contribution in [-0.4, -0.2) is 22.2 Å². The van der Waals surface area contributed by atoms with Crippen LogP contribution in [-0.2, 0) is 9.53 Å². The molecule has 0 saturated carbocycles. The van der Waals surface area contributed by atoms with Crippen molar-refractivity contribution >= 4 is 5.97 Å². The van der Waals surface area contributed by atoms with Crippen molar-refractivity contribution in [2.45, 2.75) is 19.1 Å². The summed E-state index contributed by atoms with van der Waals surface area (Å²) in [6.45, 7) is 1.93. The lowest BCUT2D eigenvalue weighted by Crippen LogP contribution is -2.05. The van der Waals surface area contributed by atoms with E-state index in [-0.39, 0.29) is 6.10 Å². The molecule has 0 radical (unpaired) electrons. The van der Waals surface area contributed by atoms with Crippen molar-refractivity contribution in [3.05, 3.63) is 29.6 Å². The maximum Gasteiger partial charge on any atom is 0.336 e. The second-order valence-electron chi connectivity index (χ2n) is 3.08. The average Bonchev–Trinajstić information content (AvgIpc) is 2.85. The topological polar surface area (TPSA) is 62.7 Å². The number of carbonyl (C=O) groups is 1. The zero-order valence-corrected chi connectivity index (χ0v) is 7.10. The molecule has 68 valence electrons. The second kappa shape index (κ2) is 2.81.